The van der Waals surface area contributed by atoms with Crippen LogP contribution in [0.1, 0.15) is 64.7 Å². The molecule has 0 bridgehead atoms. The average Bonchev–Trinajstić information content (AvgIpc) is 2.33. The van der Waals surface area contributed by atoms with E-state index in [1.807, 2.05) is 0 Å². The summed E-state index contributed by atoms with van der Waals surface area (Å²) in [7, 11) is 0. The van der Waals surface area contributed by atoms with Gasteiger partial charge in [-0.3, -0.25) is 4.79 Å². The van der Waals surface area contributed by atoms with Gasteiger partial charge in [0.2, 0.25) is 0 Å². The smallest absolute Gasteiger partial charge is 0.159 e. The Morgan fingerprint density at radius 1 is 1.00 bits per heavy atom. The molecule has 1 heteroatoms. The molecule has 17 heavy (non-hydrogen) atoms. The Morgan fingerprint density at radius 2 is 1.76 bits per heavy atom. The van der Waals surface area contributed by atoms with Crippen molar-refractivity contribution >= 4 is 5.78 Å². The van der Waals surface area contributed by atoms with Crippen molar-refractivity contribution in [3.63, 3.8) is 0 Å². The number of hydrogen-bond acceptors (Lipinski definition) is 1. The van der Waals surface area contributed by atoms with Crippen LogP contribution in [0.4, 0.5) is 0 Å². The molecule has 0 aromatic rings. The summed E-state index contributed by atoms with van der Waals surface area (Å²) in [4.78, 5) is 12.1. The van der Waals surface area contributed by atoms with Crippen LogP contribution in [-0.2, 0) is 4.79 Å². The van der Waals surface area contributed by atoms with Crippen molar-refractivity contribution < 1.29 is 4.79 Å². The van der Waals surface area contributed by atoms with Gasteiger partial charge in [0, 0.05) is 6.42 Å². The number of carbonyl (C=O) groups excluding carboxylic acids is 1. The largest absolute Gasteiger partial charge is 0.295 e. The zero-order valence-electron chi connectivity index (χ0n) is 11.0. The minimum atomic E-state index is 0.446. The fraction of sp³-hybridized carbons (Fsp3) is 0.688. The summed E-state index contributed by atoms with van der Waals surface area (Å²) >= 11 is 0. The molecule has 0 amide bonds. The van der Waals surface area contributed by atoms with Crippen LogP contribution in [0, 0.1) is 5.92 Å². The lowest BCUT2D eigenvalue weighted by molar-refractivity contribution is -0.117. The highest BCUT2D eigenvalue weighted by Crippen LogP contribution is 2.33. The predicted octanol–water partition coefficient (Wildman–Crippen LogP) is 4.58. The van der Waals surface area contributed by atoms with Crippen molar-refractivity contribution in [2.75, 3.05) is 0 Å². The van der Waals surface area contributed by atoms with E-state index < -0.39 is 0 Å². The van der Waals surface area contributed by atoms with E-state index >= 15 is 0 Å². The van der Waals surface area contributed by atoms with Crippen LogP contribution in [0.2, 0.25) is 0 Å². The average molecular weight is 232 g/mol. The SMILES string of the molecule is C[C@H]1CC(=O)C2=C(CCCC/C=C/CCC2)C1. The van der Waals surface area contributed by atoms with E-state index in [-0.39, 0.29) is 0 Å². The van der Waals surface area contributed by atoms with Crippen LogP contribution in [-0.4, -0.2) is 5.78 Å². The molecule has 0 N–H and O–H groups in total. The molecule has 0 aromatic heterocycles. The topological polar surface area (TPSA) is 17.1 Å². The summed E-state index contributed by atoms with van der Waals surface area (Å²) in [5, 5.41) is 0. The normalized spacial score (nSPS) is 29.5. The van der Waals surface area contributed by atoms with Gasteiger partial charge in [0.1, 0.15) is 0 Å². The predicted molar refractivity (Wildman–Crippen MR) is 71.9 cm³/mol. The van der Waals surface area contributed by atoms with Crippen LogP contribution in [0.25, 0.3) is 0 Å². The quantitative estimate of drug-likeness (QED) is 0.559. The third-order valence-corrected chi connectivity index (χ3v) is 3.96. The van der Waals surface area contributed by atoms with Gasteiger partial charge in [-0.2, -0.15) is 0 Å². The van der Waals surface area contributed by atoms with E-state index in [0.29, 0.717) is 11.7 Å². The Morgan fingerprint density at radius 3 is 2.59 bits per heavy atom. The van der Waals surface area contributed by atoms with Gasteiger partial charge in [-0.25, -0.2) is 0 Å². The fourth-order valence-corrected chi connectivity index (χ4v) is 3.05. The van der Waals surface area contributed by atoms with E-state index in [1.54, 1.807) is 0 Å². The lowest BCUT2D eigenvalue weighted by atomic mass is 9.80. The number of ketones is 1. The molecule has 0 saturated heterocycles. The maximum absolute atomic E-state index is 12.1. The Kier molecular flexibility index (Phi) is 4.58. The van der Waals surface area contributed by atoms with Crippen LogP contribution in [0.5, 0.6) is 0 Å². The first-order valence-electron chi connectivity index (χ1n) is 7.16. The molecule has 0 spiro atoms. The van der Waals surface area contributed by atoms with Gasteiger partial charge in [-0.15, -0.1) is 0 Å². The molecule has 0 heterocycles. The van der Waals surface area contributed by atoms with Crippen molar-refractivity contribution in [2.24, 2.45) is 5.92 Å². The second-order valence-electron chi connectivity index (χ2n) is 5.63. The van der Waals surface area contributed by atoms with Crippen LogP contribution in [0.3, 0.4) is 0 Å². The number of hydrogen-bond donors (Lipinski definition) is 0. The first kappa shape index (κ1) is 12.6. The molecular formula is C16H24O. The van der Waals surface area contributed by atoms with Crippen molar-refractivity contribution in [3.8, 4) is 0 Å². The molecular weight excluding hydrogens is 208 g/mol. The highest BCUT2D eigenvalue weighted by Gasteiger charge is 2.24. The highest BCUT2D eigenvalue weighted by atomic mass is 16.1. The van der Waals surface area contributed by atoms with Gasteiger partial charge in [0.25, 0.3) is 0 Å². The van der Waals surface area contributed by atoms with Gasteiger partial charge < -0.3 is 0 Å². The van der Waals surface area contributed by atoms with Gasteiger partial charge in [0.05, 0.1) is 0 Å². The molecule has 1 atom stereocenters. The molecule has 2 aliphatic rings. The summed E-state index contributed by atoms with van der Waals surface area (Å²) in [6.07, 6.45) is 14.8. The lowest BCUT2D eigenvalue weighted by Gasteiger charge is -2.24. The Labute approximate surface area is 105 Å². The number of allylic oxidation sites excluding steroid dienone is 4. The zero-order chi connectivity index (χ0) is 12.1. The van der Waals surface area contributed by atoms with Gasteiger partial charge in [-0.1, -0.05) is 24.6 Å². The minimum absolute atomic E-state index is 0.446. The second kappa shape index (κ2) is 6.18. The van der Waals surface area contributed by atoms with E-state index in [9.17, 15) is 4.79 Å². The van der Waals surface area contributed by atoms with Crippen molar-refractivity contribution in [3.05, 3.63) is 23.3 Å². The molecule has 0 radical (unpaired) electrons. The molecule has 1 nitrogen and oxygen atoms in total. The second-order valence-corrected chi connectivity index (χ2v) is 5.63. The van der Waals surface area contributed by atoms with Crippen molar-refractivity contribution in [1.82, 2.24) is 0 Å². The summed E-state index contributed by atoms with van der Waals surface area (Å²) in [5.41, 5.74) is 2.70. The Balaban J connectivity index is 2.12. The number of Topliss-reactive ketones (excluding diaryl/α,β-unsaturated/α-hetero) is 1. The summed E-state index contributed by atoms with van der Waals surface area (Å²) in [6, 6.07) is 0. The fourth-order valence-electron chi connectivity index (χ4n) is 3.05. The first-order valence-corrected chi connectivity index (χ1v) is 7.16. The third kappa shape index (κ3) is 3.55. The maximum atomic E-state index is 12.1. The first-order chi connectivity index (χ1) is 8.27. The molecule has 2 rings (SSSR count). The summed E-state index contributed by atoms with van der Waals surface area (Å²) in [5.74, 6) is 1.02. The molecule has 0 unspecified atom stereocenters. The monoisotopic (exact) mass is 232 g/mol. The molecule has 0 saturated carbocycles. The van der Waals surface area contributed by atoms with E-state index in [4.69, 9.17) is 0 Å². The molecule has 2 aliphatic carbocycles. The Hall–Kier alpha value is -0.850. The van der Waals surface area contributed by atoms with E-state index in [0.717, 1.165) is 25.7 Å². The summed E-state index contributed by atoms with van der Waals surface area (Å²) < 4.78 is 0. The van der Waals surface area contributed by atoms with Crippen LogP contribution in [0.15, 0.2) is 23.3 Å². The standard InChI is InChI=1S/C16H24O/c1-13-11-14-9-7-5-3-2-4-6-8-10-15(14)16(17)12-13/h2,4,13H,3,5-12H2,1H3/b4-2+/t13-/m1/s1. The van der Waals surface area contributed by atoms with Crippen LogP contribution < -0.4 is 0 Å². The molecule has 0 aromatic carbocycles. The number of carbonyl (C=O) groups is 1. The molecule has 94 valence electrons. The maximum Gasteiger partial charge on any atom is 0.159 e. The molecule has 0 aliphatic heterocycles. The van der Waals surface area contributed by atoms with Gasteiger partial charge in [0.15, 0.2) is 5.78 Å². The zero-order valence-corrected chi connectivity index (χ0v) is 11.0. The lowest BCUT2D eigenvalue weighted by Crippen LogP contribution is -2.18. The molecule has 0 fully saturated rings. The summed E-state index contributed by atoms with van der Waals surface area (Å²) in [6.45, 7) is 2.22. The van der Waals surface area contributed by atoms with Crippen molar-refractivity contribution in [1.29, 1.82) is 0 Å². The highest BCUT2D eigenvalue weighted by molar-refractivity contribution is 5.97. The third-order valence-electron chi connectivity index (χ3n) is 3.96. The van der Waals surface area contributed by atoms with Gasteiger partial charge in [-0.05, 0) is 62.9 Å². The minimum Gasteiger partial charge on any atom is -0.295 e. The van der Waals surface area contributed by atoms with Gasteiger partial charge >= 0.3 is 0 Å². The van der Waals surface area contributed by atoms with Crippen molar-refractivity contribution in [2.45, 2.75) is 64.7 Å². The number of rotatable bonds is 0. The Bertz CT molecular complexity index is 335. The van der Waals surface area contributed by atoms with E-state index in [2.05, 4.69) is 19.1 Å². The van der Waals surface area contributed by atoms with E-state index in [1.165, 1.54) is 43.3 Å². The van der Waals surface area contributed by atoms with Crippen LogP contribution >= 0.6 is 0 Å².